The van der Waals surface area contributed by atoms with Crippen molar-refractivity contribution in [3.05, 3.63) is 36.5 Å². The van der Waals surface area contributed by atoms with E-state index >= 15 is 0 Å². The van der Waals surface area contributed by atoms with Crippen molar-refractivity contribution < 1.29 is 24.5 Å². The third kappa shape index (κ3) is 67.2. The van der Waals surface area contributed by atoms with E-state index in [1.807, 2.05) is 0 Å². The maximum absolute atomic E-state index is 12.6. The van der Waals surface area contributed by atoms with Gasteiger partial charge in [-0.3, -0.25) is 9.59 Å². The zero-order valence-corrected chi connectivity index (χ0v) is 55.5. The summed E-state index contributed by atoms with van der Waals surface area (Å²) in [6.07, 6.45) is 92.0. The molecule has 0 spiro atoms. The lowest BCUT2D eigenvalue weighted by Gasteiger charge is -2.22. The Morgan fingerprint density at radius 3 is 0.963 bits per heavy atom. The standard InChI is InChI=1S/C76H145NO5/c1-3-5-7-9-11-13-15-17-19-21-23-29-33-36-40-44-48-52-56-60-64-68-74(79)73(72-78)77-75(80)69-65-61-57-53-49-45-41-37-34-30-27-25-24-26-28-31-35-39-43-47-51-55-59-63-67-71-82-76(81)70-66-62-58-54-50-46-42-38-32-22-20-18-16-14-12-10-8-6-4-2/h12,14,18,20,25,27,73-74,78-79H,3-11,13,15-17,19,21-24,26,28-72H2,1-2H3,(H,77,80)/b14-12-,20-18-,27-25-. The first-order chi connectivity index (χ1) is 40.5. The minimum absolute atomic E-state index is 0.0105. The van der Waals surface area contributed by atoms with E-state index in [2.05, 4.69) is 55.6 Å². The first kappa shape index (κ1) is 80.1. The zero-order chi connectivity index (χ0) is 59.2. The molecule has 0 heterocycles. The molecule has 6 nitrogen and oxygen atoms in total. The van der Waals surface area contributed by atoms with E-state index in [1.54, 1.807) is 0 Å². The smallest absolute Gasteiger partial charge is 0.305 e. The molecule has 0 aliphatic carbocycles. The maximum Gasteiger partial charge on any atom is 0.305 e. The molecular formula is C76H145NO5. The van der Waals surface area contributed by atoms with Crippen molar-refractivity contribution >= 4 is 11.9 Å². The van der Waals surface area contributed by atoms with Crippen molar-refractivity contribution in [3.63, 3.8) is 0 Å². The average Bonchev–Trinajstić information content (AvgIpc) is 3.48. The van der Waals surface area contributed by atoms with Gasteiger partial charge in [-0.15, -0.1) is 0 Å². The van der Waals surface area contributed by atoms with Crippen molar-refractivity contribution in [2.75, 3.05) is 13.2 Å². The molecular weight excluding hydrogens is 1010 g/mol. The summed E-state index contributed by atoms with van der Waals surface area (Å²) in [6, 6.07) is -0.545. The van der Waals surface area contributed by atoms with Crippen LogP contribution in [0.25, 0.3) is 0 Å². The number of allylic oxidation sites excluding steroid dienone is 6. The van der Waals surface area contributed by atoms with Gasteiger partial charge in [0.1, 0.15) is 0 Å². The lowest BCUT2D eigenvalue weighted by molar-refractivity contribution is -0.143. The zero-order valence-electron chi connectivity index (χ0n) is 55.5. The van der Waals surface area contributed by atoms with E-state index in [9.17, 15) is 19.8 Å². The quantitative estimate of drug-likeness (QED) is 0.0320. The number of nitrogens with one attached hydrogen (secondary N) is 1. The molecule has 0 aromatic carbocycles. The van der Waals surface area contributed by atoms with Crippen molar-refractivity contribution in [2.24, 2.45) is 0 Å². The summed E-state index contributed by atoms with van der Waals surface area (Å²) in [5.74, 6) is -0.0233. The van der Waals surface area contributed by atoms with Gasteiger partial charge in [0, 0.05) is 12.8 Å². The second-order valence-corrected chi connectivity index (χ2v) is 25.6. The highest BCUT2D eigenvalue weighted by Gasteiger charge is 2.20. The van der Waals surface area contributed by atoms with Crippen molar-refractivity contribution in [3.8, 4) is 0 Å². The molecule has 0 rings (SSSR count). The van der Waals surface area contributed by atoms with Crippen LogP contribution >= 0.6 is 0 Å². The monoisotopic (exact) mass is 1150 g/mol. The number of hydrogen-bond acceptors (Lipinski definition) is 5. The number of aliphatic hydroxyl groups is 2. The SMILES string of the molecule is CCCCC/C=C\C/C=C\CCCCCCCCCCCC(=O)OCCCCCCCCCCCCCC/C=C\CCCCCCCCCCCC(=O)NC(CO)C(O)CCCCCCCCCCCCCCCCCCCCCCC. The lowest BCUT2D eigenvalue weighted by atomic mass is 10.0. The summed E-state index contributed by atoms with van der Waals surface area (Å²) in [5.41, 5.74) is 0. The van der Waals surface area contributed by atoms with Gasteiger partial charge >= 0.3 is 5.97 Å². The van der Waals surface area contributed by atoms with Crippen LogP contribution < -0.4 is 5.32 Å². The second-order valence-electron chi connectivity index (χ2n) is 25.6. The van der Waals surface area contributed by atoms with Gasteiger partial charge in [0.2, 0.25) is 5.91 Å². The summed E-state index contributed by atoms with van der Waals surface area (Å²) in [5, 5.41) is 23.4. The lowest BCUT2D eigenvalue weighted by Crippen LogP contribution is -2.45. The normalized spacial score (nSPS) is 12.7. The molecule has 0 saturated heterocycles. The van der Waals surface area contributed by atoms with Gasteiger partial charge in [-0.25, -0.2) is 0 Å². The molecule has 2 unspecified atom stereocenters. The number of unbranched alkanes of at least 4 members (excludes halogenated alkanes) is 53. The van der Waals surface area contributed by atoms with E-state index in [0.29, 0.717) is 25.9 Å². The topological polar surface area (TPSA) is 95.9 Å². The number of esters is 1. The van der Waals surface area contributed by atoms with E-state index in [4.69, 9.17) is 4.74 Å². The fraction of sp³-hybridized carbons (Fsp3) is 0.895. The number of rotatable bonds is 70. The summed E-state index contributed by atoms with van der Waals surface area (Å²) in [7, 11) is 0. The van der Waals surface area contributed by atoms with E-state index in [0.717, 1.165) is 51.4 Å². The molecule has 82 heavy (non-hydrogen) atoms. The van der Waals surface area contributed by atoms with Crippen LogP contribution in [-0.2, 0) is 14.3 Å². The number of carbonyl (C=O) groups is 2. The molecule has 0 aliphatic rings. The Morgan fingerprint density at radius 1 is 0.341 bits per heavy atom. The first-order valence-corrected chi connectivity index (χ1v) is 37.2. The van der Waals surface area contributed by atoms with Crippen LogP contribution in [0.3, 0.4) is 0 Å². The largest absolute Gasteiger partial charge is 0.466 e. The highest BCUT2D eigenvalue weighted by Crippen LogP contribution is 2.19. The number of hydrogen-bond donors (Lipinski definition) is 3. The van der Waals surface area contributed by atoms with Gasteiger partial charge in [-0.1, -0.05) is 352 Å². The number of carbonyl (C=O) groups excluding carboxylic acids is 2. The molecule has 1 amide bonds. The molecule has 0 radical (unpaired) electrons. The summed E-state index contributed by atoms with van der Waals surface area (Å²) in [4.78, 5) is 24.7. The Labute approximate surface area is 513 Å². The van der Waals surface area contributed by atoms with E-state index < -0.39 is 12.1 Å². The Hall–Kier alpha value is -1.92. The highest BCUT2D eigenvalue weighted by atomic mass is 16.5. The Kier molecular flexibility index (Phi) is 69.9. The van der Waals surface area contributed by atoms with E-state index in [1.165, 1.54) is 327 Å². The van der Waals surface area contributed by atoms with E-state index in [-0.39, 0.29) is 18.5 Å². The molecule has 484 valence electrons. The van der Waals surface area contributed by atoms with Crippen LogP contribution in [0.2, 0.25) is 0 Å². The Balaban J connectivity index is 3.39. The Bertz CT molecular complexity index is 1330. The van der Waals surface area contributed by atoms with Crippen LogP contribution in [-0.4, -0.2) is 47.4 Å². The van der Waals surface area contributed by atoms with Crippen LogP contribution in [0.5, 0.6) is 0 Å². The molecule has 0 aromatic heterocycles. The predicted molar refractivity (Wildman–Crippen MR) is 361 cm³/mol. The summed E-state index contributed by atoms with van der Waals surface area (Å²) < 4.78 is 5.51. The van der Waals surface area contributed by atoms with Crippen molar-refractivity contribution in [2.45, 2.75) is 424 Å². The fourth-order valence-electron chi connectivity index (χ4n) is 11.7. The van der Waals surface area contributed by atoms with Crippen LogP contribution in [0, 0.1) is 0 Å². The highest BCUT2D eigenvalue weighted by molar-refractivity contribution is 5.76. The van der Waals surface area contributed by atoms with Crippen LogP contribution in [0.4, 0.5) is 0 Å². The first-order valence-electron chi connectivity index (χ1n) is 37.2. The number of ether oxygens (including phenoxy) is 1. The number of amides is 1. The van der Waals surface area contributed by atoms with Crippen molar-refractivity contribution in [1.82, 2.24) is 5.32 Å². The minimum Gasteiger partial charge on any atom is -0.466 e. The van der Waals surface area contributed by atoms with Crippen molar-refractivity contribution in [1.29, 1.82) is 0 Å². The average molecular weight is 1150 g/mol. The predicted octanol–water partition coefficient (Wildman–Crippen LogP) is 24.3. The molecule has 0 aliphatic heterocycles. The van der Waals surface area contributed by atoms with Gasteiger partial charge < -0.3 is 20.3 Å². The number of aliphatic hydroxyl groups excluding tert-OH is 2. The molecule has 0 fully saturated rings. The molecule has 6 heteroatoms. The van der Waals surface area contributed by atoms with Gasteiger partial charge in [-0.05, 0) is 83.5 Å². The van der Waals surface area contributed by atoms with Gasteiger partial charge in [-0.2, -0.15) is 0 Å². The molecule has 0 saturated carbocycles. The molecule has 0 bridgehead atoms. The van der Waals surface area contributed by atoms with Crippen LogP contribution in [0.1, 0.15) is 412 Å². The third-order valence-corrected chi connectivity index (χ3v) is 17.4. The molecule has 2 atom stereocenters. The van der Waals surface area contributed by atoms with Crippen LogP contribution in [0.15, 0.2) is 36.5 Å². The second kappa shape index (κ2) is 71.6. The summed E-state index contributed by atoms with van der Waals surface area (Å²) >= 11 is 0. The fourth-order valence-corrected chi connectivity index (χ4v) is 11.7. The molecule has 0 aromatic rings. The summed E-state index contributed by atoms with van der Waals surface area (Å²) in [6.45, 7) is 4.96. The van der Waals surface area contributed by atoms with Gasteiger partial charge in [0.05, 0.1) is 25.4 Å². The third-order valence-electron chi connectivity index (χ3n) is 17.4. The Morgan fingerprint density at radius 2 is 0.610 bits per heavy atom. The molecule has 3 N–H and O–H groups in total. The minimum atomic E-state index is -0.668. The maximum atomic E-state index is 12.6. The van der Waals surface area contributed by atoms with Gasteiger partial charge in [0.15, 0.2) is 0 Å². The van der Waals surface area contributed by atoms with Gasteiger partial charge in [0.25, 0.3) is 0 Å².